The molecule has 1 amide bonds. The van der Waals surface area contributed by atoms with E-state index in [1.807, 2.05) is 48.5 Å². The average Bonchev–Trinajstić information content (AvgIpc) is 3.11. The molecular weight excluding hydrogens is 378 g/mol. The van der Waals surface area contributed by atoms with E-state index in [-0.39, 0.29) is 12.0 Å². The standard InChI is InChI=1S/C20H21N3O2S2/c24-16-9-11-23(12-10-16)15-7-5-14(6-8-15)21-19(25)13-26-20-22-17-3-1-2-4-18(17)27-20/h1-8,16,24H,9-13H2,(H,21,25). The van der Waals surface area contributed by atoms with Crippen LogP contribution in [0.5, 0.6) is 0 Å². The summed E-state index contributed by atoms with van der Waals surface area (Å²) in [7, 11) is 0. The van der Waals surface area contributed by atoms with Crippen molar-refractivity contribution >= 4 is 50.6 Å². The van der Waals surface area contributed by atoms with Crippen molar-refractivity contribution in [2.45, 2.75) is 23.3 Å². The summed E-state index contributed by atoms with van der Waals surface area (Å²) in [5.41, 5.74) is 2.90. The molecule has 1 fully saturated rings. The van der Waals surface area contributed by atoms with Gasteiger partial charge in [0.05, 0.1) is 22.1 Å². The fraction of sp³-hybridized carbons (Fsp3) is 0.300. The molecule has 1 saturated heterocycles. The summed E-state index contributed by atoms with van der Waals surface area (Å²) < 4.78 is 2.05. The van der Waals surface area contributed by atoms with Gasteiger partial charge in [0.2, 0.25) is 5.91 Å². The van der Waals surface area contributed by atoms with Crippen LogP contribution in [0.1, 0.15) is 12.8 Å². The largest absolute Gasteiger partial charge is 0.393 e. The van der Waals surface area contributed by atoms with Crippen molar-refractivity contribution in [2.75, 3.05) is 29.1 Å². The third-order valence-corrected chi connectivity index (χ3v) is 6.76. The van der Waals surface area contributed by atoms with Crippen LogP contribution >= 0.6 is 23.1 Å². The average molecular weight is 400 g/mol. The molecule has 0 bridgehead atoms. The molecule has 1 aliphatic heterocycles. The van der Waals surface area contributed by atoms with Crippen molar-refractivity contribution in [3.8, 4) is 0 Å². The zero-order valence-electron chi connectivity index (χ0n) is 14.8. The molecule has 140 valence electrons. The summed E-state index contributed by atoms with van der Waals surface area (Å²) in [4.78, 5) is 19.0. The number of nitrogens with zero attached hydrogens (tertiary/aromatic N) is 2. The minimum atomic E-state index is -0.173. The first-order valence-electron chi connectivity index (χ1n) is 8.99. The molecular formula is C20H21N3O2S2. The topological polar surface area (TPSA) is 65.5 Å². The molecule has 2 heterocycles. The van der Waals surface area contributed by atoms with Gasteiger partial charge in [-0.1, -0.05) is 23.9 Å². The maximum Gasteiger partial charge on any atom is 0.234 e. The van der Waals surface area contributed by atoms with Gasteiger partial charge >= 0.3 is 0 Å². The third-order valence-electron chi connectivity index (χ3n) is 4.58. The van der Waals surface area contributed by atoms with E-state index < -0.39 is 0 Å². The molecule has 3 aromatic rings. The number of aliphatic hydroxyl groups excluding tert-OH is 1. The lowest BCUT2D eigenvalue weighted by Gasteiger charge is -2.31. The predicted molar refractivity (Wildman–Crippen MR) is 113 cm³/mol. The van der Waals surface area contributed by atoms with Crippen molar-refractivity contribution in [2.24, 2.45) is 0 Å². The van der Waals surface area contributed by atoms with Crippen LogP contribution in [0.25, 0.3) is 10.2 Å². The van der Waals surface area contributed by atoms with E-state index >= 15 is 0 Å². The zero-order valence-corrected chi connectivity index (χ0v) is 16.4. The molecule has 27 heavy (non-hydrogen) atoms. The summed E-state index contributed by atoms with van der Waals surface area (Å²) in [5.74, 6) is 0.305. The monoisotopic (exact) mass is 399 g/mol. The summed E-state index contributed by atoms with van der Waals surface area (Å²) >= 11 is 3.07. The van der Waals surface area contributed by atoms with E-state index in [1.54, 1.807) is 11.3 Å². The van der Waals surface area contributed by atoms with Crippen LogP contribution in [0, 0.1) is 0 Å². The first-order chi connectivity index (χ1) is 13.2. The number of rotatable bonds is 5. The second-order valence-electron chi connectivity index (χ2n) is 6.55. The van der Waals surface area contributed by atoms with E-state index in [1.165, 1.54) is 11.8 Å². The molecule has 0 spiro atoms. The van der Waals surface area contributed by atoms with Crippen LogP contribution in [0.3, 0.4) is 0 Å². The van der Waals surface area contributed by atoms with E-state index in [9.17, 15) is 9.90 Å². The van der Waals surface area contributed by atoms with Crippen molar-refractivity contribution < 1.29 is 9.90 Å². The van der Waals surface area contributed by atoms with Gasteiger partial charge in [0.1, 0.15) is 0 Å². The van der Waals surface area contributed by atoms with Crippen LogP contribution in [0.4, 0.5) is 11.4 Å². The molecule has 1 aliphatic rings. The van der Waals surface area contributed by atoms with Gasteiger partial charge in [-0.2, -0.15) is 0 Å². The number of fused-ring (bicyclic) bond motifs is 1. The van der Waals surface area contributed by atoms with Gasteiger partial charge in [0.15, 0.2) is 4.34 Å². The number of amides is 1. The fourth-order valence-electron chi connectivity index (χ4n) is 3.12. The van der Waals surface area contributed by atoms with E-state index in [2.05, 4.69) is 15.2 Å². The van der Waals surface area contributed by atoms with Crippen molar-refractivity contribution in [3.05, 3.63) is 48.5 Å². The molecule has 4 rings (SSSR count). The van der Waals surface area contributed by atoms with Crippen molar-refractivity contribution in [3.63, 3.8) is 0 Å². The highest BCUT2D eigenvalue weighted by Crippen LogP contribution is 2.29. The third kappa shape index (κ3) is 4.61. The normalized spacial score (nSPS) is 15.2. The number of nitrogens with one attached hydrogen (secondary N) is 1. The molecule has 2 N–H and O–H groups in total. The van der Waals surface area contributed by atoms with E-state index in [4.69, 9.17) is 0 Å². The number of para-hydroxylation sites is 1. The zero-order chi connectivity index (χ0) is 18.6. The highest BCUT2D eigenvalue weighted by Gasteiger charge is 2.17. The second kappa shape index (κ2) is 8.29. The molecule has 1 aromatic heterocycles. The number of piperidine rings is 1. The fourth-order valence-corrected chi connectivity index (χ4v) is 4.99. The second-order valence-corrected chi connectivity index (χ2v) is 8.80. The van der Waals surface area contributed by atoms with Gasteiger partial charge in [-0.15, -0.1) is 11.3 Å². The van der Waals surface area contributed by atoms with Gasteiger partial charge < -0.3 is 15.3 Å². The van der Waals surface area contributed by atoms with Crippen LogP contribution in [-0.2, 0) is 4.79 Å². The Morgan fingerprint density at radius 1 is 1.19 bits per heavy atom. The van der Waals surface area contributed by atoms with Crippen molar-refractivity contribution in [1.29, 1.82) is 0 Å². The Hall–Kier alpha value is -2.09. The Morgan fingerprint density at radius 3 is 2.67 bits per heavy atom. The highest BCUT2D eigenvalue weighted by molar-refractivity contribution is 8.01. The molecule has 2 aromatic carbocycles. The lowest BCUT2D eigenvalue weighted by atomic mass is 10.1. The van der Waals surface area contributed by atoms with Gasteiger partial charge in [-0.25, -0.2) is 4.98 Å². The van der Waals surface area contributed by atoms with Crippen LogP contribution < -0.4 is 10.2 Å². The van der Waals surface area contributed by atoms with Crippen LogP contribution in [-0.4, -0.2) is 40.9 Å². The number of carbonyl (C=O) groups is 1. The molecule has 0 atom stereocenters. The Bertz CT molecular complexity index is 885. The van der Waals surface area contributed by atoms with E-state index in [0.29, 0.717) is 5.75 Å². The lowest BCUT2D eigenvalue weighted by Crippen LogP contribution is -2.35. The van der Waals surface area contributed by atoms with Gasteiger partial charge in [0, 0.05) is 24.5 Å². The van der Waals surface area contributed by atoms with Gasteiger partial charge in [-0.05, 0) is 49.2 Å². The molecule has 0 unspecified atom stereocenters. The summed E-state index contributed by atoms with van der Waals surface area (Å²) in [6.45, 7) is 1.73. The van der Waals surface area contributed by atoms with Crippen LogP contribution in [0.2, 0.25) is 0 Å². The Kier molecular flexibility index (Phi) is 5.61. The minimum Gasteiger partial charge on any atom is -0.393 e. The first-order valence-corrected chi connectivity index (χ1v) is 10.8. The SMILES string of the molecule is O=C(CSc1nc2ccccc2s1)Nc1ccc(N2CCC(O)CC2)cc1. The molecule has 0 saturated carbocycles. The highest BCUT2D eigenvalue weighted by atomic mass is 32.2. The van der Waals surface area contributed by atoms with E-state index in [0.717, 1.165) is 51.9 Å². The smallest absolute Gasteiger partial charge is 0.234 e. The van der Waals surface area contributed by atoms with Crippen LogP contribution in [0.15, 0.2) is 52.9 Å². The Morgan fingerprint density at radius 2 is 1.93 bits per heavy atom. The lowest BCUT2D eigenvalue weighted by molar-refractivity contribution is -0.113. The number of aliphatic hydroxyl groups is 1. The predicted octanol–water partition coefficient (Wildman–Crippen LogP) is 3.99. The number of carbonyl (C=O) groups excluding carboxylic acids is 1. The maximum atomic E-state index is 12.2. The summed E-state index contributed by atoms with van der Waals surface area (Å²) in [5, 5.41) is 12.6. The molecule has 0 radical (unpaired) electrons. The number of anilines is 2. The Labute approximate surface area is 166 Å². The number of aromatic nitrogens is 1. The molecule has 5 nitrogen and oxygen atoms in total. The molecule has 7 heteroatoms. The first kappa shape index (κ1) is 18.3. The number of benzene rings is 2. The minimum absolute atomic E-state index is 0.0342. The molecule has 0 aliphatic carbocycles. The number of thiazole rings is 1. The van der Waals surface area contributed by atoms with Crippen molar-refractivity contribution in [1.82, 2.24) is 4.98 Å². The maximum absolute atomic E-state index is 12.2. The number of thioether (sulfide) groups is 1. The van der Waals surface area contributed by atoms with Gasteiger partial charge in [-0.3, -0.25) is 4.79 Å². The quantitative estimate of drug-likeness (QED) is 0.635. The number of hydrogen-bond acceptors (Lipinski definition) is 6. The van der Waals surface area contributed by atoms with Gasteiger partial charge in [0.25, 0.3) is 0 Å². The number of hydrogen-bond donors (Lipinski definition) is 2. The summed E-state index contributed by atoms with van der Waals surface area (Å²) in [6.07, 6.45) is 1.44. The Balaban J connectivity index is 1.30. The summed E-state index contributed by atoms with van der Waals surface area (Å²) in [6, 6.07) is 15.9.